The van der Waals surface area contributed by atoms with Crippen LogP contribution in [0.3, 0.4) is 0 Å². The predicted molar refractivity (Wildman–Crippen MR) is 77.3 cm³/mol. The number of alkyl halides is 6. The van der Waals surface area contributed by atoms with E-state index in [2.05, 4.69) is 9.97 Å². The second-order valence-electron chi connectivity index (χ2n) is 5.31. The molecule has 0 amide bonds. The van der Waals surface area contributed by atoms with E-state index in [1.54, 1.807) is 0 Å². The van der Waals surface area contributed by atoms with Crippen LogP contribution >= 0.6 is 0 Å². The highest BCUT2D eigenvalue weighted by molar-refractivity contribution is 5.24. The fraction of sp³-hybridized carbons (Fsp3) is 0.375. The van der Waals surface area contributed by atoms with E-state index in [0.717, 1.165) is 24.5 Å². The number of hydrogen-bond donors (Lipinski definition) is 0. The molecular formula is C16H16F6N2. The molecule has 2 rings (SSSR count). The van der Waals surface area contributed by atoms with Crippen LogP contribution in [0.5, 0.6) is 0 Å². The Kier molecular flexibility index (Phi) is 6.34. The third kappa shape index (κ3) is 5.82. The molecule has 0 aliphatic rings. The van der Waals surface area contributed by atoms with Crippen molar-refractivity contribution in [2.75, 3.05) is 0 Å². The van der Waals surface area contributed by atoms with Crippen molar-refractivity contribution in [3.05, 3.63) is 59.2 Å². The van der Waals surface area contributed by atoms with Gasteiger partial charge in [-0.3, -0.25) is 9.97 Å². The van der Waals surface area contributed by atoms with Gasteiger partial charge in [-0.05, 0) is 36.6 Å². The van der Waals surface area contributed by atoms with E-state index in [1.807, 2.05) is 13.8 Å². The van der Waals surface area contributed by atoms with Crippen LogP contribution in [0, 0.1) is 6.92 Å². The topological polar surface area (TPSA) is 25.8 Å². The molecule has 0 aromatic carbocycles. The van der Waals surface area contributed by atoms with Gasteiger partial charge in [0.1, 0.15) is 0 Å². The maximum absolute atomic E-state index is 12.1. The molecule has 0 spiro atoms. The van der Waals surface area contributed by atoms with Crippen molar-refractivity contribution in [2.24, 2.45) is 0 Å². The molecule has 132 valence electrons. The first-order valence-corrected chi connectivity index (χ1v) is 6.94. The van der Waals surface area contributed by atoms with Crippen LogP contribution in [0.15, 0.2) is 36.8 Å². The van der Waals surface area contributed by atoms with Crippen LogP contribution in [-0.4, -0.2) is 9.97 Å². The Hall–Kier alpha value is -2.12. The first-order valence-electron chi connectivity index (χ1n) is 6.94. The Morgan fingerprint density at radius 3 is 1.83 bits per heavy atom. The van der Waals surface area contributed by atoms with Gasteiger partial charge in [0.2, 0.25) is 0 Å². The third-order valence-corrected chi connectivity index (χ3v) is 3.03. The second-order valence-corrected chi connectivity index (χ2v) is 5.31. The van der Waals surface area contributed by atoms with Gasteiger partial charge in [-0.1, -0.05) is 13.8 Å². The molecule has 2 aromatic heterocycles. The van der Waals surface area contributed by atoms with Crippen LogP contribution in [0.1, 0.15) is 42.1 Å². The molecule has 0 N–H and O–H groups in total. The number of nitrogens with zero attached hydrogens (tertiary/aromatic N) is 2. The minimum Gasteiger partial charge on any atom is -0.264 e. The molecule has 0 bridgehead atoms. The van der Waals surface area contributed by atoms with E-state index in [4.69, 9.17) is 0 Å². The summed E-state index contributed by atoms with van der Waals surface area (Å²) in [5, 5.41) is 0. The minimum absolute atomic E-state index is 0.153. The molecule has 0 fully saturated rings. The predicted octanol–water partition coefficient (Wildman–Crippen LogP) is 5.63. The lowest BCUT2D eigenvalue weighted by atomic mass is 10.1. The highest BCUT2D eigenvalue weighted by atomic mass is 19.4. The van der Waals surface area contributed by atoms with Crippen molar-refractivity contribution in [3.8, 4) is 0 Å². The van der Waals surface area contributed by atoms with Gasteiger partial charge in [0.15, 0.2) is 0 Å². The smallest absolute Gasteiger partial charge is 0.264 e. The summed E-state index contributed by atoms with van der Waals surface area (Å²) in [4.78, 5) is 7.28. The standard InChI is InChI=1S/C9H10F3N.C7H6F3N/c1-6(2)8-4-3-7(5-13-8)9(10,11)12;1-5-4-11-3-2-6(5)7(8,9)10/h3-6H,1-2H3;2-4H,1H3. The molecular weight excluding hydrogens is 334 g/mol. The third-order valence-electron chi connectivity index (χ3n) is 3.03. The molecule has 0 aliphatic carbocycles. The molecule has 24 heavy (non-hydrogen) atoms. The average molecular weight is 350 g/mol. The molecule has 0 unspecified atom stereocenters. The lowest BCUT2D eigenvalue weighted by molar-refractivity contribution is -0.138. The minimum atomic E-state index is -4.29. The SMILES string of the molecule is CC(C)c1ccc(C(F)(F)F)cn1.Cc1cnccc1C(F)(F)F. The van der Waals surface area contributed by atoms with Gasteiger partial charge in [0, 0.05) is 24.3 Å². The van der Waals surface area contributed by atoms with Crippen LogP contribution in [0.4, 0.5) is 26.3 Å². The fourth-order valence-corrected chi connectivity index (χ4v) is 1.71. The number of pyridine rings is 2. The Balaban J connectivity index is 0.000000243. The Morgan fingerprint density at radius 2 is 1.50 bits per heavy atom. The fourth-order valence-electron chi connectivity index (χ4n) is 1.71. The quantitative estimate of drug-likeness (QED) is 0.623. The largest absolute Gasteiger partial charge is 0.417 e. The van der Waals surface area contributed by atoms with Gasteiger partial charge >= 0.3 is 12.4 Å². The summed E-state index contributed by atoms with van der Waals surface area (Å²) in [7, 11) is 0. The maximum atomic E-state index is 12.1. The van der Waals surface area contributed by atoms with Crippen molar-refractivity contribution in [1.82, 2.24) is 9.97 Å². The molecule has 0 saturated carbocycles. The van der Waals surface area contributed by atoms with Crippen LogP contribution in [0.25, 0.3) is 0 Å². The summed E-state index contributed by atoms with van der Waals surface area (Å²) in [6.07, 6.45) is -5.34. The highest BCUT2D eigenvalue weighted by Crippen LogP contribution is 2.30. The normalized spacial score (nSPS) is 11.9. The molecule has 0 aliphatic heterocycles. The van der Waals surface area contributed by atoms with Crippen molar-refractivity contribution in [3.63, 3.8) is 0 Å². The van der Waals surface area contributed by atoms with E-state index >= 15 is 0 Å². The zero-order valence-corrected chi connectivity index (χ0v) is 13.2. The Bertz CT molecular complexity index is 645. The van der Waals surface area contributed by atoms with E-state index in [1.165, 1.54) is 19.2 Å². The molecule has 2 nitrogen and oxygen atoms in total. The molecule has 0 radical (unpaired) electrons. The number of hydrogen-bond acceptors (Lipinski definition) is 2. The first-order chi connectivity index (χ1) is 10.9. The number of aryl methyl sites for hydroxylation is 1. The summed E-state index contributed by atoms with van der Waals surface area (Å²) in [6.45, 7) is 5.15. The zero-order chi connectivity index (χ0) is 18.5. The number of halogens is 6. The molecule has 0 atom stereocenters. The van der Waals surface area contributed by atoms with Crippen LogP contribution in [0.2, 0.25) is 0 Å². The van der Waals surface area contributed by atoms with Crippen LogP contribution in [-0.2, 0) is 12.4 Å². The maximum Gasteiger partial charge on any atom is 0.417 e. The first kappa shape index (κ1) is 19.9. The highest BCUT2D eigenvalue weighted by Gasteiger charge is 2.32. The molecule has 2 heterocycles. The number of aromatic nitrogens is 2. The summed E-state index contributed by atoms with van der Waals surface area (Å²) < 4.78 is 72.3. The van der Waals surface area contributed by atoms with E-state index < -0.39 is 23.5 Å². The zero-order valence-electron chi connectivity index (χ0n) is 13.2. The summed E-state index contributed by atoms with van der Waals surface area (Å²) in [5.74, 6) is 0.155. The Labute approximate surface area is 135 Å². The second kappa shape index (κ2) is 7.63. The molecule has 8 heteroatoms. The van der Waals surface area contributed by atoms with Crippen molar-refractivity contribution in [1.29, 1.82) is 0 Å². The van der Waals surface area contributed by atoms with Crippen molar-refractivity contribution in [2.45, 2.75) is 39.0 Å². The van der Waals surface area contributed by atoms with Gasteiger partial charge in [-0.25, -0.2) is 0 Å². The monoisotopic (exact) mass is 350 g/mol. The van der Waals surface area contributed by atoms with Crippen molar-refractivity contribution >= 4 is 0 Å². The number of rotatable bonds is 1. The summed E-state index contributed by atoms with van der Waals surface area (Å²) >= 11 is 0. The van der Waals surface area contributed by atoms with Gasteiger partial charge < -0.3 is 0 Å². The lowest BCUT2D eigenvalue weighted by Gasteiger charge is -2.08. The van der Waals surface area contributed by atoms with Gasteiger partial charge in [-0.15, -0.1) is 0 Å². The van der Waals surface area contributed by atoms with Crippen LogP contribution < -0.4 is 0 Å². The summed E-state index contributed by atoms with van der Waals surface area (Å²) in [6, 6.07) is 3.44. The average Bonchev–Trinajstić information content (AvgIpc) is 2.46. The summed E-state index contributed by atoms with van der Waals surface area (Å²) in [5.41, 5.74) is -0.489. The van der Waals surface area contributed by atoms with E-state index in [-0.39, 0.29) is 11.5 Å². The van der Waals surface area contributed by atoms with Gasteiger partial charge in [0.25, 0.3) is 0 Å². The van der Waals surface area contributed by atoms with Crippen molar-refractivity contribution < 1.29 is 26.3 Å². The molecule has 0 saturated heterocycles. The Morgan fingerprint density at radius 1 is 0.875 bits per heavy atom. The van der Waals surface area contributed by atoms with E-state index in [9.17, 15) is 26.3 Å². The lowest BCUT2D eigenvalue weighted by Crippen LogP contribution is -2.07. The molecule has 2 aromatic rings. The van der Waals surface area contributed by atoms with Gasteiger partial charge in [0.05, 0.1) is 11.1 Å². The van der Waals surface area contributed by atoms with E-state index in [0.29, 0.717) is 5.69 Å². The van der Waals surface area contributed by atoms with Gasteiger partial charge in [-0.2, -0.15) is 26.3 Å².